The molecule has 12 heteroatoms. The average molecular weight is 593 g/mol. The van der Waals surface area contributed by atoms with Crippen LogP contribution in [0.2, 0.25) is 0 Å². The molecule has 1 fully saturated rings. The molecule has 1 amide bonds. The molecule has 4 aromatic rings. The fraction of sp³-hybridized carbons (Fsp3) is 0.433. The molecule has 1 aliphatic rings. The average Bonchev–Trinajstić information content (AvgIpc) is 3.44. The lowest BCUT2D eigenvalue weighted by Crippen LogP contribution is -2.48. The van der Waals surface area contributed by atoms with Crippen LogP contribution in [0.3, 0.4) is 0 Å². The van der Waals surface area contributed by atoms with Gasteiger partial charge in [-0.3, -0.25) is 9.69 Å². The highest BCUT2D eigenvalue weighted by atomic mass is 32.1. The van der Waals surface area contributed by atoms with E-state index in [-0.39, 0.29) is 12.5 Å². The quantitative estimate of drug-likeness (QED) is 0.261. The molecule has 0 aliphatic carbocycles. The van der Waals surface area contributed by atoms with Crippen molar-refractivity contribution in [3.63, 3.8) is 0 Å². The maximum Gasteiger partial charge on any atom is 0.253 e. The number of aliphatic hydroxyl groups excluding tert-OH is 1. The summed E-state index contributed by atoms with van der Waals surface area (Å²) in [6, 6.07) is 11.4. The Morgan fingerprint density at radius 2 is 1.83 bits per heavy atom. The number of aliphatic hydroxyl groups is 1. The molecule has 0 saturated carbocycles. The highest BCUT2D eigenvalue weighted by molar-refractivity contribution is 7.21. The molecule has 1 saturated heterocycles. The number of benzene rings is 1. The van der Waals surface area contributed by atoms with Crippen molar-refractivity contribution in [3.8, 4) is 10.6 Å². The molecule has 0 spiro atoms. The molecular weight excluding hydrogens is 552 g/mol. The summed E-state index contributed by atoms with van der Waals surface area (Å²) in [5.74, 6) is 1.99. The summed E-state index contributed by atoms with van der Waals surface area (Å²) < 4.78 is 6.36. The molecular formula is C30H40N8O3S. The predicted octanol–water partition coefficient (Wildman–Crippen LogP) is 4.06. The van der Waals surface area contributed by atoms with Gasteiger partial charge in [-0.2, -0.15) is 4.98 Å². The molecule has 11 nitrogen and oxygen atoms in total. The van der Waals surface area contributed by atoms with Crippen molar-refractivity contribution in [2.24, 2.45) is 0 Å². The zero-order valence-corrected chi connectivity index (χ0v) is 25.8. The van der Waals surface area contributed by atoms with Gasteiger partial charge in [0.05, 0.1) is 30.0 Å². The van der Waals surface area contributed by atoms with Crippen molar-refractivity contribution in [3.05, 3.63) is 53.9 Å². The van der Waals surface area contributed by atoms with Gasteiger partial charge >= 0.3 is 0 Å². The van der Waals surface area contributed by atoms with Crippen molar-refractivity contribution in [2.45, 2.75) is 20.8 Å². The Hall–Kier alpha value is -3.71. The number of carbonyl (C=O) groups is 1. The molecule has 0 atom stereocenters. The van der Waals surface area contributed by atoms with Crippen molar-refractivity contribution in [1.29, 1.82) is 0 Å². The molecule has 0 radical (unpaired) electrons. The summed E-state index contributed by atoms with van der Waals surface area (Å²) >= 11 is 1.54. The number of fused-ring (bicyclic) bond motifs is 1. The summed E-state index contributed by atoms with van der Waals surface area (Å²) in [5, 5.41) is 13.0. The molecule has 3 aromatic heterocycles. The Kier molecular flexibility index (Phi) is 11.1. The van der Waals surface area contributed by atoms with E-state index in [4.69, 9.17) is 19.8 Å². The van der Waals surface area contributed by atoms with Crippen LogP contribution >= 0.6 is 11.3 Å². The van der Waals surface area contributed by atoms with E-state index in [1.807, 2.05) is 63.4 Å². The van der Waals surface area contributed by atoms with E-state index in [1.165, 1.54) is 0 Å². The van der Waals surface area contributed by atoms with Crippen LogP contribution in [0.4, 0.5) is 17.6 Å². The van der Waals surface area contributed by atoms with Gasteiger partial charge in [-0.25, -0.2) is 15.0 Å². The number of amides is 1. The lowest BCUT2D eigenvalue weighted by atomic mass is 10.1. The van der Waals surface area contributed by atoms with Crippen molar-refractivity contribution in [2.75, 3.05) is 76.9 Å². The normalized spacial score (nSPS) is 13.5. The topological polar surface area (TPSA) is 120 Å². The van der Waals surface area contributed by atoms with Gasteiger partial charge in [0.25, 0.3) is 5.91 Å². The van der Waals surface area contributed by atoms with Gasteiger partial charge in [0.2, 0.25) is 5.95 Å². The van der Waals surface area contributed by atoms with Crippen LogP contribution in [-0.4, -0.2) is 107 Å². The Morgan fingerprint density at radius 3 is 2.57 bits per heavy atom. The standard InChI is InChI=1S/C28H34N8O3S.C2H6/c1-19-15-25(33-28(30-19)36-9-7-35(8-10-36)11-13-39-14-12-37)32-24-17-22-23(18-29-24)40-26(31-22)20-5-4-6-21(16-20)27(38)34(2)3;1-2/h4-6,15-18,37H,7-14H2,1-3H3,(H,29,30,32,33);1-2H3. The fourth-order valence-corrected chi connectivity index (χ4v) is 5.40. The van der Waals surface area contributed by atoms with E-state index in [0.29, 0.717) is 36.4 Å². The molecule has 0 bridgehead atoms. The van der Waals surface area contributed by atoms with Crippen LogP contribution in [-0.2, 0) is 4.74 Å². The summed E-state index contributed by atoms with van der Waals surface area (Å²) in [7, 11) is 3.49. The minimum absolute atomic E-state index is 0.0404. The van der Waals surface area contributed by atoms with Gasteiger partial charge in [0, 0.05) is 82.0 Å². The predicted molar refractivity (Wildman–Crippen MR) is 169 cm³/mol. The first-order chi connectivity index (χ1) is 20.4. The number of carbonyl (C=O) groups excluding carboxylic acids is 1. The van der Waals surface area contributed by atoms with Crippen LogP contribution < -0.4 is 10.2 Å². The molecule has 42 heavy (non-hydrogen) atoms. The van der Waals surface area contributed by atoms with Crippen LogP contribution in [0.5, 0.6) is 0 Å². The van der Waals surface area contributed by atoms with E-state index >= 15 is 0 Å². The number of nitrogens with zero attached hydrogens (tertiary/aromatic N) is 7. The maximum absolute atomic E-state index is 12.4. The van der Waals surface area contributed by atoms with Gasteiger partial charge in [0.1, 0.15) is 16.6 Å². The first-order valence-corrected chi connectivity index (χ1v) is 15.1. The number of thiazole rings is 1. The molecule has 1 aliphatic heterocycles. The third-order valence-corrected chi connectivity index (χ3v) is 7.63. The molecule has 5 rings (SSSR count). The highest BCUT2D eigenvalue weighted by Gasteiger charge is 2.20. The van der Waals surface area contributed by atoms with E-state index in [1.54, 1.807) is 30.3 Å². The van der Waals surface area contributed by atoms with Gasteiger partial charge in [-0.1, -0.05) is 26.0 Å². The smallest absolute Gasteiger partial charge is 0.253 e. The van der Waals surface area contributed by atoms with E-state index in [2.05, 4.69) is 25.1 Å². The van der Waals surface area contributed by atoms with E-state index < -0.39 is 0 Å². The van der Waals surface area contributed by atoms with Crippen LogP contribution in [0.1, 0.15) is 29.9 Å². The van der Waals surface area contributed by atoms with E-state index in [9.17, 15) is 4.79 Å². The first kappa shape index (κ1) is 31.2. The number of hydrogen-bond donors (Lipinski definition) is 2. The van der Waals surface area contributed by atoms with Crippen LogP contribution in [0.25, 0.3) is 20.8 Å². The summed E-state index contributed by atoms with van der Waals surface area (Å²) in [5.41, 5.74) is 3.23. The van der Waals surface area contributed by atoms with Gasteiger partial charge < -0.3 is 25.0 Å². The van der Waals surface area contributed by atoms with Crippen molar-refractivity contribution >= 4 is 45.0 Å². The maximum atomic E-state index is 12.4. The Bertz CT molecular complexity index is 1470. The number of ether oxygens (including phenoxy) is 1. The molecule has 1 aromatic carbocycles. The second kappa shape index (κ2) is 15.0. The number of aryl methyl sites for hydroxylation is 1. The Balaban J connectivity index is 0.00000198. The summed E-state index contributed by atoms with van der Waals surface area (Å²) in [4.78, 5) is 37.4. The van der Waals surface area contributed by atoms with Gasteiger partial charge in [0.15, 0.2) is 0 Å². The highest BCUT2D eigenvalue weighted by Crippen LogP contribution is 2.32. The third kappa shape index (κ3) is 7.97. The fourth-order valence-electron chi connectivity index (χ4n) is 4.49. The van der Waals surface area contributed by atoms with Crippen molar-refractivity contribution < 1.29 is 14.6 Å². The molecule has 0 unspecified atom stereocenters. The lowest BCUT2D eigenvalue weighted by Gasteiger charge is -2.34. The SMILES string of the molecule is CC.Cc1cc(Nc2cc3nc(-c4cccc(C(=O)N(C)C)c4)sc3cn2)nc(N2CCN(CCOCCO)CC2)n1. The molecule has 2 N–H and O–H groups in total. The number of aromatic nitrogens is 4. The number of hydrogen-bond acceptors (Lipinski definition) is 11. The number of anilines is 3. The number of nitrogens with one attached hydrogen (secondary N) is 1. The molecule has 224 valence electrons. The zero-order valence-electron chi connectivity index (χ0n) is 25.0. The number of piperazine rings is 1. The number of rotatable bonds is 10. The largest absolute Gasteiger partial charge is 0.394 e. The molecule has 4 heterocycles. The second-order valence-electron chi connectivity index (χ2n) is 9.82. The Labute approximate surface area is 251 Å². The van der Waals surface area contributed by atoms with Gasteiger partial charge in [-0.05, 0) is 19.1 Å². The minimum atomic E-state index is -0.0404. The number of pyridine rings is 1. The minimum Gasteiger partial charge on any atom is -0.394 e. The second-order valence-corrected chi connectivity index (χ2v) is 10.9. The zero-order chi connectivity index (χ0) is 30.1. The lowest BCUT2D eigenvalue weighted by molar-refractivity contribution is 0.0724. The third-order valence-electron chi connectivity index (χ3n) is 6.58. The van der Waals surface area contributed by atoms with Crippen molar-refractivity contribution in [1.82, 2.24) is 29.7 Å². The summed E-state index contributed by atoms with van der Waals surface area (Å²) in [6.45, 7) is 11.3. The van der Waals surface area contributed by atoms with Crippen LogP contribution in [0.15, 0.2) is 42.6 Å². The monoisotopic (exact) mass is 592 g/mol. The first-order valence-electron chi connectivity index (χ1n) is 14.3. The Morgan fingerprint density at radius 1 is 1.05 bits per heavy atom. The summed E-state index contributed by atoms with van der Waals surface area (Å²) in [6.07, 6.45) is 1.81. The van der Waals surface area contributed by atoms with Gasteiger partial charge in [-0.15, -0.1) is 11.3 Å². The van der Waals surface area contributed by atoms with Crippen LogP contribution in [0, 0.1) is 6.92 Å². The van der Waals surface area contributed by atoms with E-state index in [0.717, 1.165) is 59.2 Å².